The molecule has 1 aromatic heterocycles. The third kappa shape index (κ3) is 3.84. The van der Waals surface area contributed by atoms with Crippen LogP contribution < -0.4 is 4.72 Å². The third-order valence-corrected chi connectivity index (χ3v) is 6.69. The van der Waals surface area contributed by atoms with Gasteiger partial charge in [-0.25, -0.2) is 17.9 Å². The average molecular weight is 331 g/mol. The number of thiophene rings is 1. The van der Waals surface area contributed by atoms with Crippen molar-refractivity contribution in [2.24, 2.45) is 11.8 Å². The van der Waals surface area contributed by atoms with Crippen LogP contribution in [0.15, 0.2) is 11.0 Å². The molecule has 0 aromatic carbocycles. The van der Waals surface area contributed by atoms with Crippen LogP contribution in [0.1, 0.15) is 47.7 Å². The quantitative estimate of drug-likeness (QED) is 0.888. The summed E-state index contributed by atoms with van der Waals surface area (Å²) in [5.41, 5.74) is 0. The lowest BCUT2D eigenvalue weighted by Crippen LogP contribution is -2.40. The van der Waals surface area contributed by atoms with E-state index in [0.717, 1.165) is 30.6 Å². The minimum atomic E-state index is -3.65. The molecule has 1 saturated carbocycles. The molecule has 1 aromatic rings. The van der Waals surface area contributed by atoms with Gasteiger partial charge in [-0.15, -0.1) is 11.3 Å². The summed E-state index contributed by atoms with van der Waals surface area (Å²) >= 11 is 0.994. The van der Waals surface area contributed by atoms with Crippen LogP contribution in [0.3, 0.4) is 0 Å². The second-order valence-electron chi connectivity index (χ2n) is 6.07. The Labute approximate surface area is 129 Å². The lowest BCUT2D eigenvalue weighted by Gasteiger charge is -2.31. The second-order valence-corrected chi connectivity index (χ2v) is 9.01. The van der Waals surface area contributed by atoms with Crippen LogP contribution in [0, 0.1) is 18.8 Å². The summed E-state index contributed by atoms with van der Waals surface area (Å²) in [6, 6.07) is 1.18. The first-order valence-corrected chi connectivity index (χ1v) is 9.35. The van der Waals surface area contributed by atoms with E-state index in [9.17, 15) is 13.2 Å². The fourth-order valence-corrected chi connectivity index (χ4v) is 5.86. The Balaban J connectivity index is 2.20. The van der Waals surface area contributed by atoms with Crippen LogP contribution in [-0.2, 0) is 10.0 Å². The first-order valence-electron chi connectivity index (χ1n) is 7.05. The van der Waals surface area contributed by atoms with Gasteiger partial charge in [-0.2, -0.15) is 0 Å². The van der Waals surface area contributed by atoms with Gasteiger partial charge in [-0.05, 0) is 44.1 Å². The highest BCUT2D eigenvalue weighted by molar-refractivity contribution is 7.89. The molecule has 1 aliphatic rings. The molecule has 2 atom stereocenters. The van der Waals surface area contributed by atoms with E-state index in [2.05, 4.69) is 18.6 Å². The van der Waals surface area contributed by atoms with E-state index in [1.165, 1.54) is 6.07 Å². The SMILES string of the molecule is Cc1sc(C(=O)O)cc1S(=O)(=O)NC1CC(C)CC(C)C1. The van der Waals surface area contributed by atoms with Gasteiger partial charge in [0.1, 0.15) is 4.88 Å². The van der Waals surface area contributed by atoms with E-state index in [1.54, 1.807) is 6.92 Å². The summed E-state index contributed by atoms with van der Waals surface area (Å²) in [6.45, 7) is 5.91. The first-order chi connectivity index (χ1) is 9.69. The van der Waals surface area contributed by atoms with Gasteiger partial charge in [-0.3, -0.25) is 0 Å². The minimum absolute atomic E-state index is 0.0539. The van der Waals surface area contributed by atoms with Crippen molar-refractivity contribution in [3.05, 3.63) is 15.8 Å². The molecule has 0 saturated heterocycles. The monoisotopic (exact) mass is 331 g/mol. The largest absolute Gasteiger partial charge is 0.477 e. The molecule has 1 fully saturated rings. The zero-order chi connectivity index (χ0) is 15.8. The van der Waals surface area contributed by atoms with E-state index < -0.39 is 16.0 Å². The fraction of sp³-hybridized carbons (Fsp3) is 0.643. The van der Waals surface area contributed by atoms with Crippen molar-refractivity contribution in [3.63, 3.8) is 0 Å². The number of carboxylic acids is 1. The highest BCUT2D eigenvalue weighted by atomic mass is 32.2. The molecule has 5 nitrogen and oxygen atoms in total. The summed E-state index contributed by atoms with van der Waals surface area (Å²) in [6.07, 6.45) is 2.79. The summed E-state index contributed by atoms with van der Waals surface area (Å²) in [7, 11) is -3.65. The van der Waals surface area contributed by atoms with E-state index in [0.29, 0.717) is 16.7 Å². The van der Waals surface area contributed by atoms with Gasteiger partial charge in [0, 0.05) is 10.9 Å². The lowest BCUT2D eigenvalue weighted by molar-refractivity contribution is 0.0702. The topological polar surface area (TPSA) is 83.5 Å². The zero-order valence-electron chi connectivity index (χ0n) is 12.4. The fourth-order valence-electron chi connectivity index (χ4n) is 3.16. The Bertz CT molecular complexity index is 625. The lowest BCUT2D eigenvalue weighted by atomic mass is 9.81. The highest BCUT2D eigenvalue weighted by Gasteiger charge is 2.29. The maximum absolute atomic E-state index is 12.5. The van der Waals surface area contributed by atoms with E-state index in [-0.39, 0.29) is 15.8 Å². The van der Waals surface area contributed by atoms with Gasteiger partial charge < -0.3 is 5.11 Å². The number of sulfonamides is 1. The molecule has 2 unspecified atom stereocenters. The van der Waals surface area contributed by atoms with Crippen molar-refractivity contribution >= 4 is 27.3 Å². The van der Waals surface area contributed by atoms with Gasteiger partial charge in [0.2, 0.25) is 10.0 Å². The smallest absolute Gasteiger partial charge is 0.345 e. The average Bonchev–Trinajstić information content (AvgIpc) is 2.70. The number of carbonyl (C=O) groups is 1. The van der Waals surface area contributed by atoms with Crippen LogP contribution in [-0.4, -0.2) is 25.5 Å². The number of carboxylic acid groups (broad SMARTS) is 1. The molecule has 0 spiro atoms. The molecule has 118 valence electrons. The minimum Gasteiger partial charge on any atom is -0.477 e. The second kappa shape index (κ2) is 6.06. The highest BCUT2D eigenvalue weighted by Crippen LogP contribution is 2.31. The molecular formula is C14H21NO4S2. The predicted octanol–water partition coefficient (Wildman–Crippen LogP) is 2.86. The molecule has 21 heavy (non-hydrogen) atoms. The van der Waals surface area contributed by atoms with Crippen molar-refractivity contribution in [3.8, 4) is 0 Å². The molecule has 2 N–H and O–H groups in total. The molecular weight excluding hydrogens is 310 g/mol. The number of hydrogen-bond donors (Lipinski definition) is 2. The molecule has 0 amide bonds. The van der Waals surface area contributed by atoms with Crippen LogP contribution >= 0.6 is 11.3 Å². The molecule has 0 radical (unpaired) electrons. The molecule has 0 aliphatic heterocycles. The van der Waals surface area contributed by atoms with Gasteiger partial charge >= 0.3 is 5.97 Å². The molecule has 1 heterocycles. The summed E-state index contributed by atoms with van der Waals surface area (Å²) in [5.74, 6) is -0.0938. The number of nitrogens with one attached hydrogen (secondary N) is 1. The van der Waals surface area contributed by atoms with Crippen LogP contribution in [0.4, 0.5) is 0 Å². The van der Waals surface area contributed by atoms with Gasteiger partial charge in [0.15, 0.2) is 0 Å². The van der Waals surface area contributed by atoms with E-state index >= 15 is 0 Å². The van der Waals surface area contributed by atoms with Crippen molar-refractivity contribution in [1.29, 1.82) is 0 Å². The Morgan fingerprint density at radius 1 is 1.29 bits per heavy atom. The molecule has 0 bridgehead atoms. The van der Waals surface area contributed by atoms with Crippen molar-refractivity contribution in [1.82, 2.24) is 4.72 Å². The van der Waals surface area contributed by atoms with Crippen molar-refractivity contribution in [2.45, 2.75) is 51.0 Å². The number of aryl methyl sites for hydroxylation is 1. The Kier molecular flexibility index (Phi) is 4.75. The van der Waals surface area contributed by atoms with Gasteiger partial charge in [0.05, 0.1) is 4.90 Å². The van der Waals surface area contributed by atoms with E-state index in [4.69, 9.17) is 5.11 Å². The first kappa shape index (κ1) is 16.5. The van der Waals surface area contributed by atoms with Gasteiger partial charge in [0.25, 0.3) is 0 Å². The number of aromatic carboxylic acids is 1. The standard InChI is InChI=1S/C14H21NO4S2/c1-8-4-9(2)6-11(5-8)15-21(18,19)13-7-12(14(16)17)20-10(13)3/h7-9,11,15H,4-6H2,1-3H3,(H,16,17). The maximum atomic E-state index is 12.5. The Hall–Kier alpha value is -0.920. The zero-order valence-corrected chi connectivity index (χ0v) is 14.1. The van der Waals surface area contributed by atoms with Crippen LogP contribution in [0.2, 0.25) is 0 Å². The Morgan fingerprint density at radius 3 is 2.33 bits per heavy atom. The molecule has 1 aliphatic carbocycles. The third-order valence-electron chi connectivity index (χ3n) is 3.87. The van der Waals surface area contributed by atoms with Crippen LogP contribution in [0.5, 0.6) is 0 Å². The number of rotatable bonds is 4. The molecule has 7 heteroatoms. The van der Waals surface area contributed by atoms with Crippen LogP contribution in [0.25, 0.3) is 0 Å². The number of hydrogen-bond acceptors (Lipinski definition) is 4. The van der Waals surface area contributed by atoms with E-state index in [1.807, 2.05) is 0 Å². The maximum Gasteiger partial charge on any atom is 0.345 e. The molecule has 2 rings (SSSR count). The van der Waals surface area contributed by atoms with Crippen molar-refractivity contribution < 1.29 is 18.3 Å². The van der Waals surface area contributed by atoms with Gasteiger partial charge in [-0.1, -0.05) is 13.8 Å². The summed E-state index contributed by atoms with van der Waals surface area (Å²) < 4.78 is 27.7. The predicted molar refractivity (Wildman–Crippen MR) is 82.3 cm³/mol. The summed E-state index contributed by atoms with van der Waals surface area (Å²) in [4.78, 5) is 11.6. The van der Waals surface area contributed by atoms with Crippen molar-refractivity contribution in [2.75, 3.05) is 0 Å². The normalized spacial score (nSPS) is 26.7. The summed E-state index contributed by atoms with van der Waals surface area (Å²) in [5, 5.41) is 8.97. The Morgan fingerprint density at radius 2 is 1.86 bits per heavy atom.